The molecular formula is C13H23N3O. The van der Waals surface area contributed by atoms with E-state index in [2.05, 4.69) is 41.9 Å². The molecule has 2 heterocycles. The van der Waals surface area contributed by atoms with Crippen LogP contribution in [-0.2, 0) is 11.3 Å². The quantitative estimate of drug-likeness (QED) is 0.850. The van der Waals surface area contributed by atoms with Gasteiger partial charge in [0.2, 0.25) is 0 Å². The van der Waals surface area contributed by atoms with Crippen molar-refractivity contribution in [2.24, 2.45) is 5.92 Å². The Morgan fingerprint density at radius 1 is 1.59 bits per heavy atom. The zero-order valence-corrected chi connectivity index (χ0v) is 11.1. The van der Waals surface area contributed by atoms with E-state index in [1.165, 1.54) is 5.69 Å². The first kappa shape index (κ1) is 12.6. The van der Waals surface area contributed by atoms with Crippen LogP contribution >= 0.6 is 0 Å². The van der Waals surface area contributed by atoms with Crippen LogP contribution in [0.25, 0.3) is 0 Å². The molecule has 4 nitrogen and oxygen atoms in total. The fourth-order valence-corrected chi connectivity index (χ4v) is 2.62. The van der Waals surface area contributed by atoms with Crippen LogP contribution in [0.15, 0.2) is 6.07 Å². The summed E-state index contributed by atoms with van der Waals surface area (Å²) in [5, 5.41) is 8.13. The van der Waals surface area contributed by atoms with Crippen molar-refractivity contribution in [3.8, 4) is 0 Å². The molecule has 17 heavy (non-hydrogen) atoms. The Kier molecular flexibility index (Phi) is 4.18. The third-order valence-electron chi connectivity index (χ3n) is 3.41. The Bertz CT molecular complexity index is 356. The summed E-state index contributed by atoms with van der Waals surface area (Å²) in [4.78, 5) is 0. The lowest BCUT2D eigenvalue weighted by atomic mass is 9.95. The van der Waals surface area contributed by atoms with Gasteiger partial charge in [-0.25, -0.2) is 0 Å². The first-order chi connectivity index (χ1) is 8.26. The summed E-state index contributed by atoms with van der Waals surface area (Å²) in [5.41, 5.74) is 2.41. The van der Waals surface area contributed by atoms with Gasteiger partial charge in [-0.1, -0.05) is 6.92 Å². The van der Waals surface area contributed by atoms with Gasteiger partial charge in [0.1, 0.15) is 0 Å². The highest BCUT2D eigenvalue weighted by Gasteiger charge is 2.28. The Hall–Kier alpha value is -0.870. The van der Waals surface area contributed by atoms with Gasteiger partial charge in [0.25, 0.3) is 0 Å². The monoisotopic (exact) mass is 237 g/mol. The van der Waals surface area contributed by atoms with E-state index in [0.717, 1.165) is 38.4 Å². The van der Waals surface area contributed by atoms with E-state index in [4.69, 9.17) is 4.74 Å². The van der Waals surface area contributed by atoms with Crippen molar-refractivity contribution in [1.29, 1.82) is 0 Å². The minimum Gasteiger partial charge on any atom is -0.381 e. The number of ether oxygens (including phenoxy) is 1. The predicted molar refractivity (Wildman–Crippen MR) is 68.0 cm³/mol. The number of nitrogens with zero attached hydrogens (tertiary/aromatic N) is 2. The molecule has 1 saturated heterocycles. The maximum Gasteiger partial charge on any atom is 0.0597 e. The van der Waals surface area contributed by atoms with Crippen molar-refractivity contribution >= 4 is 0 Å². The van der Waals surface area contributed by atoms with Crippen LogP contribution < -0.4 is 5.32 Å². The van der Waals surface area contributed by atoms with E-state index >= 15 is 0 Å². The molecule has 0 saturated carbocycles. The molecule has 1 aliphatic rings. The fraction of sp³-hybridized carbons (Fsp3) is 0.769. The van der Waals surface area contributed by atoms with E-state index in [1.54, 1.807) is 0 Å². The largest absolute Gasteiger partial charge is 0.381 e. The average molecular weight is 237 g/mol. The summed E-state index contributed by atoms with van der Waals surface area (Å²) in [6.07, 6.45) is 1.14. The molecule has 0 radical (unpaired) electrons. The van der Waals surface area contributed by atoms with Gasteiger partial charge in [-0.05, 0) is 32.9 Å². The molecule has 0 aromatic carbocycles. The number of aryl methyl sites for hydroxylation is 2. The summed E-state index contributed by atoms with van der Waals surface area (Å²) in [6, 6.07) is 2.58. The van der Waals surface area contributed by atoms with E-state index in [-0.39, 0.29) is 0 Å². The summed E-state index contributed by atoms with van der Waals surface area (Å²) in [5.74, 6) is 0.580. The maximum atomic E-state index is 5.52. The predicted octanol–water partition coefficient (Wildman–Crippen LogP) is 1.90. The SMILES string of the molecule is CCNC(c1cc(C)nn1CC)C1CCOC1. The molecule has 96 valence electrons. The average Bonchev–Trinajstić information content (AvgIpc) is 2.94. The third-order valence-corrected chi connectivity index (χ3v) is 3.41. The zero-order chi connectivity index (χ0) is 12.3. The molecule has 4 heteroatoms. The number of nitrogens with one attached hydrogen (secondary N) is 1. The lowest BCUT2D eigenvalue weighted by molar-refractivity contribution is 0.175. The van der Waals surface area contributed by atoms with Crippen molar-refractivity contribution in [1.82, 2.24) is 15.1 Å². The smallest absolute Gasteiger partial charge is 0.0597 e. The first-order valence-electron chi connectivity index (χ1n) is 6.61. The number of aromatic nitrogens is 2. The Morgan fingerprint density at radius 2 is 2.41 bits per heavy atom. The summed E-state index contributed by atoms with van der Waals surface area (Å²) in [6.45, 7) is 10.0. The molecule has 1 N–H and O–H groups in total. The topological polar surface area (TPSA) is 39.1 Å². The summed E-state index contributed by atoms with van der Waals surface area (Å²) < 4.78 is 7.63. The van der Waals surface area contributed by atoms with Crippen molar-refractivity contribution in [2.45, 2.75) is 39.8 Å². The number of hydrogen-bond donors (Lipinski definition) is 1. The Labute approximate surface area is 103 Å². The molecule has 2 rings (SSSR count). The zero-order valence-electron chi connectivity index (χ0n) is 11.1. The van der Waals surface area contributed by atoms with Gasteiger partial charge in [-0.3, -0.25) is 4.68 Å². The molecule has 0 bridgehead atoms. The van der Waals surface area contributed by atoms with Crippen LogP contribution in [0.3, 0.4) is 0 Å². The number of rotatable bonds is 5. The molecule has 1 aliphatic heterocycles. The van der Waals surface area contributed by atoms with Gasteiger partial charge in [0.05, 0.1) is 24.0 Å². The summed E-state index contributed by atoms with van der Waals surface area (Å²) >= 11 is 0. The standard InChI is InChI=1S/C13H23N3O/c1-4-14-13(11-6-7-17-9-11)12-8-10(3)15-16(12)5-2/h8,11,13-14H,4-7,9H2,1-3H3. The van der Waals surface area contributed by atoms with Gasteiger partial charge in [-0.15, -0.1) is 0 Å². The Morgan fingerprint density at radius 3 is 3.00 bits per heavy atom. The second-order valence-electron chi connectivity index (χ2n) is 4.69. The normalized spacial score (nSPS) is 21.9. The Balaban J connectivity index is 2.23. The van der Waals surface area contributed by atoms with Crippen molar-refractivity contribution < 1.29 is 4.74 Å². The number of hydrogen-bond acceptors (Lipinski definition) is 3. The van der Waals surface area contributed by atoms with Gasteiger partial charge in [0, 0.05) is 19.1 Å². The highest BCUT2D eigenvalue weighted by atomic mass is 16.5. The first-order valence-corrected chi connectivity index (χ1v) is 6.61. The van der Waals surface area contributed by atoms with Gasteiger partial charge in [-0.2, -0.15) is 5.10 Å². The van der Waals surface area contributed by atoms with Crippen LogP contribution in [0.1, 0.15) is 37.7 Å². The molecule has 0 spiro atoms. The molecule has 1 aromatic rings. The second kappa shape index (κ2) is 5.65. The van der Waals surface area contributed by atoms with Gasteiger partial charge in [0.15, 0.2) is 0 Å². The van der Waals surface area contributed by atoms with Crippen molar-refractivity contribution in [2.75, 3.05) is 19.8 Å². The lowest BCUT2D eigenvalue weighted by Gasteiger charge is -2.24. The molecule has 2 unspecified atom stereocenters. The molecular weight excluding hydrogens is 214 g/mol. The van der Waals surface area contributed by atoms with E-state index in [0.29, 0.717) is 12.0 Å². The molecule has 0 amide bonds. The lowest BCUT2D eigenvalue weighted by Crippen LogP contribution is -2.30. The highest BCUT2D eigenvalue weighted by molar-refractivity contribution is 5.15. The minimum absolute atomic E-state index is 0.378. The minimum atomic E-state index is 0.378. The van der Waals surface area contributed by atoms with Crippen LogP contribution in [0, 0.1) is 12.8 Å². The molecule has 2 atom stereocenters. The highest BCUT2D eigenvalue weighted by Crippen LogP contribution is 2.29. The van der Waals surface area contributed by atoms with E-state index in [1.807, 2.05) is 0 Å². The van der Waals surface area contributed by atoms with Crippen LogP contribution in [0.2, 0.25) is 0 Å². The summed E-state index contributed by atoms with van der Waals surface area (Å²) in [7, 11) is 0. The van der Waals surface area contributed by atoms with Gasteiger partial charge < -0.3 is 10.1 Å². The van der Waals surface area contributed by atoms with E-state index in [9.17, 15) is 0 Å². The van der Waals surface area contributed by atoms with E-state index < -0.39 is 0 Å². The second-order valence-corrected chi connectivity index (χ2v) is 4.69. The van der Waals surface area contributed by atoms with Crippen molar-refractivity contribution in [3.63, 3.8) is 0 Å². The molecule has 1 fully saturated rings. The van der Waals surface area contributed by atoms with Crippen LogP contribution in [0.5, 0.6) is 0 Å². The van der Waals surface area contributed by atoms with Crippen LogP contribution in [-0.4, -0.2) is 29.5 Å². The fourth-order valence-electron chi connectivity index (χ4n) is 2.62. The molecule has 0 aliphatic carbocycles. The van der Waals surface area contributed by atoms with Crippen molar-refractivity contribution in [3.05, 3.63) is 17.5 Å². The van der Waals surface area contributed by atoms with Gasteiger partial charge >= 0.3 is 0 Å². The third kappa shape index (κ3) is 2.69. The maximum absolute atomic E-state index is 5.52. The van der Waals surface area contributed by atoms with Crippen LogP contribution in [0.4, 0.5) is 0 Å². The molecule has 1 aromatic heterocycles.